The largest absolute Gasteiger partial charge is 0.495 e. The molecular formula is C29H30N6O3S. The SMILES string of the molecule is COc1ccc([N+](=O)[O-])cc1-n1c(C)cc([C@@H]2[C@@H](c3ccccn3)NC(=S)N2c2ccc(N(C)C)cc2)c1C. The molecule has 200 valence electrons. The molecule has 2 aromatic heterocycles. The van der Waals surface area contributed by atoms with Gasteiger partial charge in [-0.05, 0) is 80.2 Å². The van der Waals surface area contributed by atoms with E-state index >= 15 is 0 Å². The van der Waals surface area contributed by atoms with E-state index in [0.717, 1.165) is 34.0 Å². The van der Waals surface area contributed by atoms with Gasteiger partial charge in [-0.3, -0.25) is 15.1 Å². The van der Waals surface area contributed by atoms with Gasteiger partial charge in [-0.1, -0.05) is 6.07 Å². The lowest BCUT2D eigenvalue weighted by Crippen LogP contribution is -2.29. The van der Waals surface area contributed by atoms with Crippen LogP contribution in [0.4, 0.5) is 17.1 Å². The Hall–Kier alpha value is -4.44. The molecule has 0 bridgehead atoms. The average Bonchev–Trinajstić information content (AvgIpc) is 3.43. The predicted molar refractivity (Wildman–Crippen MR) is 157 cm³/mol. The van der Waals surface area contributed by atoms with Crippen LogP contribution in [-0.2, 0) is 0 Å². The second-order valence-corrected chi connectivity index (χ2v) is 10.1. The molecule has 0 spiro atoms. The van der Waals surface area contributed by atoms with Crippen LogP contribution in [0, 0.1) is 24.0 Å². The number of nitro benzene ring substituents is 1. The first kappa shape index (κ1) is 26.2. The van der Waals surface area contributed by atoms with Crippen molar-refractivity contribution in [1.29, 1.82) is 0 Å². The van der Waals surface area contributed by atoms with Gasteiger partial charge in [-0.25, -0.2) is 0 Å². The van der Waals surface area contributed by atoms with E-state index in [0.29, 0.717) is 16.5 Å². The van der Waals surface area contributed by atoms with Crippen LogP contribution in [0.2, 0.25) is 0 Å². The Morgan fingerprint density at radius 2 is 1.82 bits per heavy atom. The van der Waals surface area contributed by atoms with Gasteiger partial charge in [0.05, 0.1) is 35.5 Å². The maximum atomic E-state index is 11.6. The highest BCUT2D eigenvalue weighted by atomic mass is 32.1. The van der Waals surface area contributed by atoms with E-state index in [4.69, 9.17) is 17.0 Å². The fraction of sp³-hybridized carbons (Fsp3) is 0.241. The van der Waals surface area contributed by atoms with Crippen LogP contribution < -0.4 is 19.9 Å². The number of rotatable bonds is 7. The van der Waals surface area contributed by atoms with Crippen molar-refractivity contribution in [3.8, 4) is 11.4 Å². The van der Waals surface area contributed by atoms with Crippen molar-refractivity contribution >= 4 is 34.4 Å². The van der Waals surface area contributed by atoms with E-state index in [1.54, 1.807) is 25.4 Å². The number of methoxy groups -OCH3 is 1. The number of nitrogens with one attached hydrogen (secondary N) is 1. The first-order valence-corrected chi connectivity index (χ1v) is 12.9. The summed E-state index contributed by atoms with van der Waals surface area (Å²) < 4.78 is 7.61. The minimum atomic E-state index is -0.395. The Labute approximate surface area is 232 Å². The van der Waals surface area contributed by atoms with Gasteiger partial charge in [0.1, 0.15) is 5.75 Å². The molecule has 3 heterocycles. The van der Waals surface area contributed by atoms with Crippen LogP contribution in [0.1, 0.15) is 34.7 Å². The zero-order valence-electron chi connectivity index (χ0n) is 22.5. The Kier molecular flexibility index (Phi) is 6.96. The molecule has 39 heavy (non-hydrogen) atoms. The van der Waals surface area contributed by atoms with Gasteiger partial charge < -0.3 is 24.4 Å². The normalized spacial score (nSPS) is 16.7. The van der Waals surface area contributed by atoms with Gasteiger partial charge in [0, 0.05) is 55.2 Å². The number of nitro groups is 1. The standard InChI is InChI=1S/C29H30N6O3S/c1-18-16-23(19(2)33(18)25-17-22(35(36)37)13-14-26(25)38-5)28-27(24-8-6-7-15-30-24)31-29(39)34(28)21-11-9-20(10-12-21)32(3)4/h6-17,27-28H,1-5H3,(H,31,39)/t27-,28-/m1/s1. The second kappa shape index (κ2) is 10.4. The molecule has 9 nitrogen and oxygen atoms in total. The van der Waals surface area contributed by atoms with Crippen molar-refractivity contribution in [2.45, 2.75) is 25.9 Å². The molecule has 5 rings (SSSR count). The van der Waals surface area contributed by atoms with Crippen LogP contribution in [0.25, 0.3) is 5.69 Å². The number of thiocarbonyl (C=S) groups is 1. The summed E-state index contributed by atoms with van der Waals surface area (Å²) in [6, 6.07) is 20.4. The van der Waals surface area contributed by atoms with Crippen molar-refractivity contribution in [3.63, 3.8) is 0 Å². The third-order valence-electron chi connectivity index (χ3n) is 7.15. The van der Waals surface area contributed by atoms with Crippen molar-refractivity contribution in [2.24, 2.45) is 0 Å². The highest BCUT2D eigenvalue weighted by Gasteiger charge is 2.42. The molecule has 0 unspecified atom stereocenters. The molecule has 1 N–H and O–H groups in total. The highest BCUT2D eigenvalue weighted by molar-refractivity contribution is 7.80. The number of hydrogen-bond donors (Lipinski definition) is 1. The average molecular weight is 543 g/mol. The molecule has 1 aliphatic heterocycles. The number of non-ortho nitro benzene ring substituents is 1. The van der Waals surface area contributed by atoms with Gasteiger partial charge in [-0.2, -0.15) is 0 Å². The highest BCUT2D eigenvalue weighted by Crippen LogP contribution is 2.44. The fourth-order valence-corrected chi connectivity index (χ4v) is 5.63. The number of pyridine rings is 1. The van der Waals surface area contributed by atoms with Crippen LogP contribution in [-0.4, -0.2) is 40.8 Å². The summed E-state index contributed by atoms with van der Waals surface area (Å²) in [5.74, 6) is 0.548. The molecule has 10 heteroatoms. The summed E-state index contributed by atoms with van der Waals surface area (Å²) in [6.07, 6.45) is 1.78. The summed E-state index contributed by atoms with van der Waals surface area (Å²) >= 11 is 5.90. The number of anilines is 2. The van der Waals surface area contributed by atoms with Gasteiger partial charge >= 0.3 is 0 Å². The Bertz CT molecular complexity index is 1530. The molecule has 2 aromatic carbocycles. The van der Waals surface area contributed by atoms with E-state index in [1.807, 2.05) is 50.7 Å². The lowest BCUT2D eigenvalue weighted by molar-refractivity contribution is -0.384. The van der Waals surface area contributed by atoms with Crippen molar-refractivity contribution in [3.05, 3.63) is 106 Å². The summed E-state index contributed by atoms with van der Waals surface area (Å²) in [6.45, 7) is 4.01. The monoisotopic (exact) mass is 542 g/mol. The summed E-state index contributed by atoms with van der Waals surface area (Å²) in [5, 5.41) is 15.7. The van der Waals surface area contributed by atoms with Crippen molar-refractivity contribution in [1.82, 2.24) is 14.9 Å². The Morgan fingerprint density at radius 1 is 1.08 bits per heavy atom. The molecule has 0 amide bonds. The van der Waals surface area contributed by atoms with E-state index in [9.17, 15) is 10.1 Å². The van der Waals surface area contributed by atoms with Crippen LogP contribution in [0.3, 0.4) is 0 Å². The lowest BCUT2D eigenvalue weighted by Gasteiger charge is -2.28. The molecule has 2 atom stereocenters. The van der Waals surface area contributed by atoms with Crippen molar-refractivity contribution in [2.75, 3.05) is 31.0 Å². The quantitative estimate of drug-likeness (QED) is 0.182. The third-order valence-corrected chi connectivity index (χ3v) is 7.46. The smallest absolute Gasteiger partial charge is 0.271 e. The topological polar surface area (TPSA) is 88.7 Å². The van der Waals surface area contributed by atoms with Gasteiger partial charge in [-0.15, -0.1) is 0 Å². The number of aryl methyl sites for hydroxylation is 1. The van der Waals surface area contributed by atoms with E-state index in [2.05, 4.69) is 50.4 Å². The maximum Gasteiger partial charge on any atom is 0.271 e. The number of hydrogen-bond acceptors (Lipinski definition) is 6. The van der Waals surface area contributed by atoms with E-state index in [-0.39, 0.29) is 17.8 Å². The van der Waals surface area contributed by atoms with Crippen LogP contribution in [0.15, 0.2) is 72.9 Å². The van der Waals surface area contributed by atoms with Crippen LogP contribution in [0.5, 0.6) is 5.75 Å². The Morgan fingerprint density at radius 3 is 2.44 bits per heavy atom. The zero-order valence-corrected chi connectivity index (χ0v) is 23.3. The first-order valence-electron chi connectivity index (χ1n) is 12.5. The van der Waals surface area contributed by atoms with Gasteiger partial charge in [0.2, 0.25) is 0 Å². The lowest BCUT2D eigenvalue weighted by atomic mass is 9.96. The molecule has 1 aliphatic rings. The molecule has 4 aromatic rings. The number of nitrogens with zero attached hydrogens (tertiary/aromatic N) is 5. The summed E-state index contributed by atoms with van der Waals surface area (Å²) in [7, 11) is 5.58. The minimum absolute atomic E-state index is 0.00229. The number of aromatic nitrogens is 2. The number of ether oxygens (including phenoxy) is 1. The molecule has 0 aliphatic carbocycles. The van der Waals surface area contributed by atoms with E-state index < -0.39 is 4.92 Å². The molecule has 1 fully saturated rings. The second-order valence-electron chi connectivity index (χ2n) is 9.68. The number of benzene rings is 2. The minimum Gasteiger partial charge on any atom is -0.495 e. The third kappa shape index (κ3) is 4.67. The van der Waals surface area contributed by atoms with Gasteiger partial charge in [0.25, 0.3) is 5.69 Å². The Balaban J connectivity index is 1.69. The first-order chi connectivity index (χ1) is 18.7. The molecule has 1 saturated heterocycles. The summed E-state index contributed by atoms with van der Waals surface area (Å²) in [4.78, 5) is 20.0. The van der Waals surface area contributed by atoms with Crippen LogP contribution >= 0.6 is 12.2 Å². The summed E-state index contributed by atoms with van der Waals surface area (Å²) in [5.41, 5.74) is 6.40. The maximum absolute atomic E-state index is 11.6. The zero-order chi connectivity index (χ0) is 27.8. The molecule has 0 radical (unpaired) electrons. The predicted octanol–water partition coefficient (Wildman–Crippen LogP) is 5.65. The van der Waals surface area contributed by atoms with Crippen molar-refractivity contribution < 1.29 is 9.66 Å². The fourth-order valence-electron chi connectivity index (χ4n) is 5.28. The molecule has 0 saturated carbocycles. The molecular weight excluding hydrogens is 512 g/mol. The van der Waals surface area contributed by atoms with E-state index in [1.165, 1.54) is 6.07 Å². The van der Waals surface area contributed by atoms with Gasteiger partial charge in [0.15, 0.2) is 5.11 Å².